The molecule has 2 aromatic carbocycles. The minimum atomic E-state index is -0.358. The maximum atomic E-state index is 10.8. The van der Waals surface area contributed by atoms with Crippen LogP contribution in [0.25, 0.3) is 0 Å². The van der Waals surface area contributed by atoms with Gasteiger partial charge >= 0.3 is 0 Å². The summed E-state index contributed by atoms with van der Waals surface area (Å²) in [6.45, 7) is 0. The van der Waals surface area contributed by atoms with E-state index in [0.29, 0.717) is 0 Å². The molecule has 0 saturated heterocycles. The minimum absolute atomic E-state index is 0.138. The predicted molar refractivity (Wildman–Crippen MR) is 78.7 cm³/mol. The molecule has 0 spiro atoms. The van der Waals surface area contributed by atoms with Gasteiger partial charge in [0.25, 0.3) is 5.69 Å². The number of non-ortho nitro benzene ring substituents is 1. The van der Waals surface area contributed by atoms with Gasteiger partial charge in [0, 0.05) is 17.5 Å². The molecule has 1 aliphatic rings. The van der Waals surface area contributed by atoms with Crippen molar-refractivity contribution in [1.82, 2.24) is 0 Å². The molecule has 0 N–H and O–H groups in total. The van der Waals surface area contributed by atoms with Crippen molar-refractivity contribution in [3.8, 4) is 0 Å². The Labute approximate surface area is 117 Å². The van der Waals surface area contributed by atoms with Crippen LogP contribution in [0, 0.1) is 10.1 Å². The first-order chi connectivity index (χ1) is 9.72. The molecule has 1 unspecified atom stereocenters. The fourth-order valence-corrected chi connectivity index (χ4v) is 2.94. The number of hydrogen-bond acceptors (Lipinski definition) is 2. The molecule has 1 aliphatic carbocycles. The largest absolute Gasteiger partial charge is 0.269 e. The Morgan fingerprint density at radius 3 is 2.15 bits per heavy atom. The fraction of sp³-hybridized carbons (Fsp3) is 0.176. The van der Waals surface area contributed by atoms with Crippen molar-refractivity contribution in [2.75, 3.05) is 0 Å². The van der Waals surface area contributed by atoms with Gasteiger partial charge in [-0.25, -0.2) is 0 Å². The van der Waals surface area contributed by atoms with Crippen molar-refractivity contribution in [3.05, 3.63) is 88.0 Å². The number of hydrogen-bond donors (Lipinski definition) is 0. The van der Waals surface area contributed by atoms with E-state index in [9.17, 15) is 10.1 Å². The van der Waals surface area contributed by atoms with Gasteiger partial charge in [0.2, 0.25) is 0 Å². The number of nitro benzene ring substituents is 1. The summed E-state index contributed by atoms with van der Waals surface area (Å²) < 4.78 is 0. The highest BCUT2D eigenvalue weighted by molar-refractivity contribution is 5.48. The second-order valence-corrected chi connectivity index (χ2v) is 5.08. The van der Waals surface area contributed by atoms with Crippen LogP contribution in [0.1, 0.15) is 24.0 Å². The van der Waals surface area contributed by atoms with Gasteiger partial charge in [-0.2, -0.15) is 0 Å². The third-order valence-corrected chi connectivity index (χ3v) is 3.99. The lowest BCUT2D eigenvalue weighted by atomic mass is 9.74. The Bertz CT molecular complexity index is 646. The van der Waals surface area contributed by atoms with Crippen LogP contribution >= 0.6 is 0 Å². The summed E-state index contributed by atoms with van der Waals surface area (Å²) in [5, 5.41) is 10.8. The predicted octanol–water partition coefficient (Wildman–Crippen LogP) is 4.23. The molecule has 3 heteroatoms. The zero-order valence-corrected chi connectivity index (χ0v) is 11.0. The van der Waals surface area contributed by atoms with E-state index in [2.05, 4.69) is 24.3 Å². The second-order valence-electron chi connectivity index (χ2n) is 5.08. The molecule has 3 rings (SSSR count). The van der Waals surface area contributed by atoms with Crippen molar-refractivity contribution >= 4 is 5.69 Å². The summed E-state index contributed by atoms with van der Waals surface area (Å²) >= 11 is 0. The molecule has 1 atom stereocenters. The first-order valence-corrected chi connectivity index (χ1v) is 6.70. The monoisotopic (exact) mass is 265 g/mol. The summed E-state index contributed by atoms with van der Waals surface area (Å²) in [6, 6.07) is 17.3. The number of benzene rings is 2. The zero-order valence-electron chi connectivity index (χ0n) is 11.0. The summed E-state index contributed by atoms with van der Waals surface area (Å²) in [7, 11) is 0. The van der Waals surface area contributed by atoms with E-state index < -0.39 is 0 Å². The van der Waals surface area contributed by atoms with Crippen LogP contribution in [0.2, 0.25) is 0 Å². The van der Waals surface area contributed by atoms with Gasteiger partial charge in [0.15, 0.2) is 0 Å². The maximum Gasteiger partial charge on any atom is 0.269 e. The average Bonchev–Trinajstić information content (AvgIpc) is 2.99. The Morgan fingerprint density at radius 1 is 0.950 bits per heavy atom. The van der Waals surface area contributed by atoms with E-state index in [1.807, 2.05) is 30.3 Å². The molecule has 0 aromatic heterocycles. The van der Waals surface area contributed by atoms with Crippen LogP contribution in [0.5, 0.6) is 0 Å². The highest BCUT2D eigenvalue weighted by Crippen LogP contribution is 2.42. The van der Waals surface area contributed by atoms with Crippen molar-refractivity contribution in [2.45, 2.75) is 18.3 Å². The van der Waals surface area contributed by atoms with Gasteiger partial charge in [-0.1, -0.05) is 54.6 Å². The minimum Gasteiger partial charge on any atom is -0.258 e. The molecule has 0 saturated carbocycles. The van der Waals surface area contributed by atoms with Gasteiger partial charge in [0.1, 0.15) is 0 Å². The van der Waals surface area contributed by atoms with Crippen molar-refractivity contribution in [2.24, 2.45) is 0 Å². The molecule has 20 heavy (non-hydrogen) atoms. The molecule has 2 aromatic rings. The Morgan fingerprint density at radius 2 is 1.60 bits per heavy atom. The van der Waals surface area contributed by atoms with E-state index >= 15 is 0 Å². The molecule has 0 amide bonds. The Kier molecular flexibility index (Phi) is 3.11. The highest BCUT2D eigenvalue weighted by Gasteiger charge is 2.33. The lowest BCUT2D eigenvalue weighted by Gasteiger charge is -2.28. The number of rotatable bonds is 3. The fourth-order valence-electron chi connectivity index (χ4n) is 2.94. The molecular formula is C17H15NO2. The van der Waals surface area contributed by atoms with Crippen LogP contribution in [0.3, 0.4) is 0 Å². The summed E-state index contributed by atoms with van der Waals surface area (Å²) in [5.74, 6) is 0. The van der Waals surface area contributed by atoms with E-state index in [1.165, 1.54) is 5.56 Å². The second kappa shape index (κ2) is 4.93. The summed E-state index contributed by atoms with van der Waals surface area (Å²) in [5.41, 5.74) is 2.35. The SMILES string of the molecule is O=[N+]([O-])c1ccc(C2(c3ccccc3)C=CCC2)cc1. The Balaban J connectivity index is 2.08. The average molecular weight is 265 g/mol. The van der Waals surface area contributed by atoms with Gasteiger partial charge in [0.05, 0.1) is 4.92 Å². The Hall–Kier alpha value is -2.42. The lowest BCUT2D eigenvalue weighted by molar-refractivity contribution is -0.384. The van der Waals surface area contributed by atoms with E-state index in [-0.39, 0.29) is 16.0 Å². The van der Waals surface area contributed by atoms with Gasteiger partial charge in [-0.3, -0.25) is 10.1 Å². The van der Waals surface area contributed by atoms with Crippen LogP contribution in [-0.2, 0) is 5.41 Å². The molecular weight excluding hydrogens is 250 g/mol. The lowest BCUT2D eigenvalue weighted by Crippen LogP contribution is -2.22. The first kappa shape index (κ1) is 12.6. The molecule has 0 radical (unpaired) electrons. The molecule has 0 heterocycles. The van der Waals surface area contributed by atoms with Crippen molar-refractivity contribution < 1.29 is 4.92 Å². The quantitative estimate of drug-likeness (QED) is 0.473. The molecule has 0 bridgehead atoms. The van der Waals surface area contributed by atoms with Crippen LogP contribution in [-0.4, -0.2) is 4.92 Å². The third-order valence-electron chi connectivity index (χ3n) is 3.99. The zero-order chi connectivity index (χ0) is 14.0. The molecule has 100 valence electrons. The molecule has 0 fully saturated rings. The van der Waals surface area contributed by atoms with E-state index in [0.717, 1.165) is 18.4 Å². The topological polar surface area (TPSA) is 43.1 Å². The normalized spacial score (nSPS) is 21.0. The van der Waals surface area contributed by atoms with Gasteiger partial charge in [-0.15, -0.1) is 0 Å². The number of nitrogens with zero attached hydrogens (tertiary/aromatic N) is 1. The highest BCUT2D eigenvalue weighted by atomic mass is 16.6. The van der Waals surface area contributed by atoms with Crippen LogP contribution in [0.4, 0.5) is 5.69 Å². The number of allylic oxidation sites excluding steroid dienone is 2. The van der Waals surface area contributed by atoms with Gasteiger partial charge in [-0.05, 0) is 24.0 Å². The molecule has 3 nitrogen and oxygen atoms in total. The van der Waals surface area contributed by atoms with E-state index in [4.69, 9.17) is 0 Å². The van der Waals surface area contributed by atoms with Crippen molar-refractivity contribution in [3.63, 3.8) is 0 Å². The molecule has 0 aliphatic heterocycles. The summed E-state index contributed by atoms with van der Waals surface area (Å²) in [6.07, 6.45) is 6.46. The van der Waals surface area contributed by atoms with Crippen molar-refractivity contribution in [1.29, 1.82) is 0 Å². The summed E-state index contributed by atoms with van der Waals surface area (Å²) in [4.78, 5) is 10.4. The number of nitro groups is 1. The van der Waals surface area contributed by atoms with Gasteiger partial charge < -0.3 is 0 Å². The maximum absolute atomic E-state index is 10.8. The smallest absolute Gasteiger partial charge is 0.258 e. The third kappa shape index (κ3) is 2.01. The standard InChI is InChI=1S/C17H15NO2/c19-18(20)16-10-8-15(9-11-16)17(12-4-5-13-17)14-6-2-1-3-7-14/h1-4,6-12H,5,13H2. The first-order valence-electron chi connectivity index (χ1n) is 6.70. The van der Waals surface area contributed by atoms with E-state index in [1.54, 1.807) is 12.1 Å². The van der Waals surface area contributed by atoms with Crippen LogP contribution in [0.15, 0.2) is 66.7 Å². The van der Waals surface area contributed by atoms with Crippen LogP contribution < -0.4 is 0 Å².